The van der Waals surface area contributed by atoms with E-state index < -0.39 is 0 Å². The number of aromatic nitrogens is 2. The van der Waals surface area contributed by atoms with E-state index in [-0.39, 0.29) is 0 Å². The van der Waals surface area contributed by atoms with E-state index in [2.05, 4.69) is 22.1 Å². The van der Waals surface area contributed by atoms with Crippen molar-refractivity contribution in [2.24, 2.45) is 0 Å². The lowest BCUT2D eigenvalue weighted by Crippen LogP contribution is -2.28. The first-order valence-electron chi connectivity index (χ1n) is 8.22. The number of benzene rings is 1. The number of methoxy groups -OCH3 is 1. The van der Waals surface area contributed by atoms with E-state index in [0.717, 1.165) is 12.3 Å². The molecule has 0 unspecified atom stereocenters. The molecule has 0 atom stereocenters. The first kappa shape index (κ1) is 16.1. The molecule has 0 saturated heterocycles. The minimum absolute atomic E-state index is 0.354. The van der Waals surface area contributed by atoms with Crippen LogP contribution in [0.3, 0.4) is 0 Å². The average Bonchev–Trinajstić information content (AvgIpc) is 3.20. The number of nitrogens with zero attached hydrogens (tertiary/aromatic N) is 3. The molecule has 2 aromatic heterocycles. The maximum Gasteiger partial charge on any atom is 0.288 e. The Morgan fingerprint density at radius 3 is 2.72 bits per heavy atom. The van der Waals surface area contributed by atoms with Gasteiger partial charge in [0.2, 0.25) is 0 Å². The topological polar surface area (TPSA) is 56.6 Å². The van der Waals surface area contributed by atoms with Gasteiger partial charge in [0.15, 0.2) is 5.76 Å². The Balaban J connectivity index is 1.51. The molecule has 1 saturated carbocycles. The Hall–Kier alpha value is -2.38. The van der Waals surface area contributed by atoms with Crippen LogP contribution in [0.15, 0.2) is 51.5 Å². The maximum absolute atomic E-state index is 5.57. The summed E-state index contributed by atoms with van der Waals surface area (Å²) in [5.41, 5.74) is 1.23. The second-order valence-electron chi connectivity index (χ2n) is 6.12. The predicted octanol–water partition coefficient (Wildman–Crippen LogP) is 4.10. The molecule has 3 aromatic rings. The number of ether oxygens (including phenoxy) is 1. The zero-order valence-corrected chi connectivity index (χ0v) is 14.7. The Labute approximate surface area is 150 Å². The van der Waals surface area contributed by atoms with E-state index in [1.807, 2.05) is 12.1 Å². The summed E-state index contributed by atoms with van der Waals surface area (Å²) in [5.74, 6) is 1.86. The van der Waals surface area contributed by atoms with Crippen LogP contribution in [0.25, 0.3) is 11.7 Å². The zero-order chi connectivity index (χ0) is 17.2. The first-order chi connectivity index (χ1) is 12.2. The van der Waals surface area contributed by atoms with Crippen molar-refractivity contribution in [3.05, 3.63) is 53.1 Å². The van der Waals surface area contributed by atoms with E-state index in [4.69, 9.17) is 25.8 Å². The van der Waals surface area contributed by atoms with Crippen LogP contribution in [0.2, 0.25) is 0 Å². The third-order valence-corrected chi connectivity index (χ3v) is 4.56. The molecule has 25 heavy (non-hydrogen) atoms. The van der Waals surface area contributed by atoms with Crippen molar-refractivity contribution in [1.29, 1.82) is 0 Å². The summed E-state index contributed by atoms with van der Waals surface area (Å²) in [7, 11) is 1.68. The SMILES string of the molecule is COc1ccc(CN(Cn2nc(-c3ccco3)oc2=S)C2CC2)cc1. The normalized spacial score (nSPS) is 14.2. The van der Waals surface area contributed by atoms with Crippen molar-refractivity contribution in [2.75, 3.05) is 7.11 Å². The van der Waals surface area contributed by atoms with Gasteiger partial charge in [-0.2, -0.15) is 0 Å². The molecule has 130 valence electrons. The summed E-state index contributed by atoms with van der Waals surface area (Å²) < 4.78 is 17.8. The molecular formula is C18H19N3O3S. The fourth-order valence-electron chi connectivity index (χ4n) is 2.77. The van der Waals surface area contributed by atoms with Gasteiger partial charge in [-0.05, 0) is 54.9 Å². The van der Waals surface area contributed by atoms with Crippen LogP contribution >= 0.6 is 12.2 Å². The van der Waals surface area contributed by atoms with Crippen LogP contribution in [-0.2, 0) is 13.2 Å². The van der Waals surface area contributed by atoms with E-state index in [1.54, 1.807) is 30.2 Å². The first-order valence-corrected chi connectivity index (χ1v) is 8.62. The molecular weight excluding hydrogens is 338 g/mol. The second-order valence-corrected chi connectivity index (χ2v) is 6.47. The highest BCUT2D eigenvalue weighted by Crippen LogP contribution is 2.29. The Bertz CT molecular complexity index is 879. The lowest BCUT2D eigenvalue weighted by Gasteiger charge is -2.21. The van der Waals surface area contributed by atoms with Crippen molar-refractivity contribution in [3.8, 4) is 17.4 Å². The molecule has 7 heteroatoms. The number of rotatable bonds is 7. The van der Waals surface area contributed by atoms with E-state index in [9.17, 15) is 0 Å². The van der Waals surface area contributed by atoms with Gasteiger partial charge in [0.05, 0.1) is 20.0 Å². The van der Waals surface area contributed by atoms with Gasteiger partial charge in [0.1, 0.15) is 5.75 Å². The van der Waals surface area contributed by atoms with Gasteiger partial charge in [0, 0.05) is 12.6 Å². The lowest BCUT2D eigenvalue weighted by molar-refractivity contribution is 0.184. The predicted molar refractivity (Wildman–Crippen MR) is 94.6 cm³/mol. The quantitative estimate of drug-likeness (QED) is 0.594. The largest absolute Gasteiger partial charge is 0.497 e. The molecule has 0 aliphatic heterocycles. The van der Waals surface area contributed by atoms with Gasteiger partial charge >= 0.3 is 0 Å². The number of hydrogen-bond acceptors (Lipinski definition) is 6. The number of hydrogen-bond donors (Lipinski definition) is 0. The summed E-state index contributed by atoms with van der Waals surface area (Å²) in [6.45, 7) is 1.43. The molecule has 0 amide bonds. The van der Waals surface area contributed by atoms with Crippen molar-refractivity contribution >= 4 is 12.2 Å². The average molecular weight is 357 g/mol. The lowest BCUT2D eigenvalue weighted by atomic mass is 10.2. The van der Waals surface area contributed by atoms with Crippen LogP contribution in [0.1, 0.15) is 18.4 Å². The third-order valence-electron chi connectivity index (χ3n) is 4.26. The van der Waals surface area contributed by atoms with Gasteiger partial charge in [-0.3, -0.25) is 4.90 Å². The zero-order valence-electron chi connectivity index (χ0n) is 13.9. The Morgan fingerprint density at radius 1 is 1.28 bits per heavy atom. The fourth-order valence-corrected chi connectivity index (χ4v) is 2.94. The molecule has 0 radical (unpaired) electrons. The molecule has 1 fully saturated rings. The van der Waals surface area contributed by atoms with Crippen molar-refractivity contribution in [1.82, 2.24) is 14.7 Å². The molecule has 1 aliphatic rings. The van der Waals surface area contributed by atoms with Crippen LogP contribution in [0, 0.1) is 4.84 Å². The highest BCUT2D eigenvalue weighted by atomic mass is 32.1. The molecule has 0 spiro atoms. The van der Waals surface area contributed by atoms with Crippen molar-refractivity contribution < 1.29 is 13.6 Å². The van der Waals surface area contributed by atoms with Crippen LogP contribution in [-0.4, -0.2) is 27.8 Å². The van der Waals surface area contributed by atoms with Crippen LogP contribution in [0.5, 0.6) is 5.75 Å². The Kier molecular flexibility index (Phi) is 4.42. The summed E-state index contributed by atoms with van der Waals surface area (Å²) in [6, 6.07) is 12.3. The highest BCUT2D eigenvalue weighted by molar-refractivity contribution is 7.71. The summed E-state index contributed by atoms with van der Waals surface area (Å²) in [5, 5.41) is 4.46. The van der Waals surface area contributed by atoms with E-state index in [0.29, 0.717) is 29.2 Å². The third kappa shape index (κ3) is 3.67. The van der Waals surface area contributed by atoms with Crippen LogP contribution in [0.4, 0.5) is 0 Å². The fraction of sp³-hybridized carbons (Fsp3) is 0.333. The standard InChI is InChI=1S/C18H19N3O3S/c1-22-15-8-4-13(5-9-15)11-20(14-6-7-14)12-21-18(25)24-17(19-21)16-3-2-10-23-16/h2-5,8-10,14H,6-7,11-12H2,1H3. The summed E-state index contributed by atoms with van der Waals surface area (Å²) >= 11 is 5.32. The minimum Gasteiger partial charge on any atom is -0.497 e. The molecule has 1 aliphatic carbocycles. The van der Waals surface area contributed by atoms with E-state index in [1.165, 1.54) is 18.4 Å². The molecule has 2 heterocycles. The second kappa shape index (κ2) is 6.85. The smallest absolute Gasteiger partial charge is 0.288 e. The molecule has 0 N–H and O–H groups in total. The van der Waals surface area contributed by atoms with Crippen molar-refractivity contribution in [2.45, 2.75) is 32.1 Å². The number of furan rings is 1. The summed E-state index contributed by atoms with van der Waals surface area (Å²) in [6.07, 6.45) is 3.99. The van der Waals surface area contributed by atoms with Gasteiger partial charge in [-0.25, -0.2) is 4.68 Å². The van der Waals surface area contributed by atoms with Gasteiger partial charge in [-0.15, -0.1) is 5.10 Å². The van der Waals surface area contributed by atoms with Gasteiger partial charge < -0.3 is 13.6 Å². The van der Waals surface area contributed by atoms with Gasteiger partial charge in [-0.1, -0.05) is 12.1 Å². The molecule has 1 aromatic carbocycles. The van der Waals surface area contributed by atoms with Crippen LogP contribution < -0.4 is 4.74 Å². The monoisotopic (exact) mass is 357 g/mol. The summed E-state index contributed by atoms with van der Waals surface area (Å²) in [4.78, 5) is 2.72. The van der Waals surface area contributed by atoms with Gasteiger partial charge in [0.25, 0.3) is 10.7 Å². The van der Waals surface area contributed by atoms with Crippen molar-refractivity contribution in [3.63, 3.8) is 0 Å². The Morgan fingerprint density at radius 2 is 2.08 bits per heavy atom. The maximum atomic E-state index is 5.57. The minimum atomic E-state index is 0.354. The molecule has 6 nitrogen and oxygen atoms in total. The molecule has 0 bridgehead atoms. The molecule has 4 rings (SSSR count). The highest BCUT2D eigenvalue weighted by Gasteiger charge is 2.30. The van der Waals surface area contributed by atoms with E-state index >= 15 is 0 Å².